The van der Waals surface area contributed by atoms with Crippen molar-refractivity contribution in [2.75, 3.05) is 53.7 Å². The SMILES string of the molecule is CNc1ccc(-c2ccc(N3CCCC3=O)cc2-c2ccc(C3CCN(CCc4cccc5c4C(C)(C)C(=O)N5C4CCC(=O)NC4=O)CC3)cc2)c(F)c1C(=N)C(=O)Nc1ccnc(C=O)c1. The molecule has 1 atom stereocenters. The fourth-order valence-corrected chi connectivity index (χ4v) is 10.4. The molecule has 5 aromatic rings. The van der Waals surface area contributed by atoms with Gasteiger partial charge in [0.25, 0.3) is 5.91 Å². The number of likely N-dealkylation sites (tertiary alicyclic amines) is 1. The predicted molar refractivity (Wildman–Crippen MR) is 259 cm³/mol. The zero-order chi connectivity index (χ0) is 47.9. The van der Waals surface area contributed by atoms with Crippen molar-refractivity contribution in [1.82, 2.24) is 15.2 Å². The highest BCUT2D eigenvalue weighted by Crippen LogP contribution is 2.46. The second kappa shape index (κ2) is 18.7. The number of carbonyl (C=O) groups is 6. The van der Waals surface area contributed by atoms with Crippen LogP contribution in [0.1, 0.15) is 91.0 Å². The van der Waals surface area contributed by atoms with Gasteiger partial charge in [0.05, 0.1) is 11.0 Å². The van der Waals surface area contributed by atoms with E-state index in [9.17, 15) is 28.8 Å². The monoisotopic (exact) mass is 916 g/mol. The number of amides is 5. The number of fused-ring (bicyclic) bond motifs is 1. The van der Waals surface area contributed by atoms with Crippen molar-refractivity contribution < 1.29 is 33.2 Å². The molecule has 1 aromatic heterocycles. The minimum atomic E-state index is -0.869. The maximum Gasteiger partial charge on any atom is 0.274 e. The summed E-state index contributed by atoms with van der Waals surface area (Å²) in [6, 6.07) is 25.1. The first kappa shape index (κ1) is 45.8. The van der Waals surface area contributed by atoms with Crippen molar-refractivity contribution >= 4 is 64.3 Å². The van der Waals surface area contributed by atoms with Gasteiger partial charge < -0.3 is 20.4 Å². The lowest BCUT2D eigenvalue weighted by Crippen LogP contribution is -2.55. The van der Waals surface area contributed by atoms with E-state index < -0.39 is 34.8 Å². The van der Waals surface area contributed by atoms with Crippen LogP contribution in [0.4, 0.5) is 27.1 Å². The highest BCUT2D eigenvalue weighted by atomic mass is 19.1. The zero-order valence-corrected chi connectivity index (χ0v) is 38.3. The van der Waals surface area contributed by atoms with Gasteiger partial charge in [0.2, 0.25) is 23.6 Å². The Balaban J connectivity index is 0.926. The number of nitrogens with zero attached hydrogens (tertiary/aromatic N) is 4. The van der Waals surface area contributed by atoms with Gasteiger partial charge in [0.15, 0.2) is 6.29 Å². The molecule has 3 saturated heterocycles. The molecule has 4 aliphatic heterocycles. The van der Waals surface area contributed by atoms with Crippen LogP contribution in [0.3, 0.4) is 0 Å². The Bertz CT molecular complexity index is 2890. The maximum atomic E-state index is 17.0. The van der Waals surface area contributed by atoms with E-state index in [1.807, 2.05) is 50.2 Å². The van der Waals surface area contributed by atoms with E-state index in [-0.39, 0.29) is 52.3 Å². The van der Waals surface area contributed by atoms with Crippen molar-refractivity contribution in [2.24, 2.45) is 0 Å². The van der Waals surface area contributed by atoms with Crippen LogP contribution in [-0.4, -0.2) is 90.7 Å². The molecular formula is C53H53FN8O6. The molecule has 4 aromatic carbocycles. The van der Waals surface area contributed by atoms with E-state index in [0.717, 1.165) is 67.7 Å². The molecule has 0 bridgehead atoms. The Hall–Kier alpha value is -7.39. The van der Waals surface area contributed by atoms with Crippen molar-refractivity contribution in [3.8, 4) is 22.3 Å². The van der Waals surface area contributed by atoms with Gasteiger partial charge in [-0.2, -0.15) is 0 Å². The van der Waals surface area contributed by atoms with Crippen LogP contribution in [0.15, 0.2) is 91.1 Å². The molecule has 5 amide bonds. The van der Waals surface area contributed by atoms with Crippen LogP contribution in [0, 0.1) is 11.2 Å². The number of aromatic nitrogens is 1. The van der Waals surface area contributed by atoms with Gasteiger partial charge in [-0.05, 0) is 141 Å². The van der Waals surface area contributed by atoms with Crippen LogP contribution < -0.4 is 25.8 Å². The van der Waals surface area contributed by atoms with Gasteiger partial charge in [-0.3, -0.25) is 49.4 Å². The summed E-state index contributed by atoms with van der Waals surface area (Å²) in [6.07, 6.45) is 6.22. The Morgan fingerprint density at radius 3 is 2.38 bits per heavy atom. The van der Waals surface area contributed by atoms with E-state index in [0.29, 0.717) is 48.4 Å². The minimum Gasteiger partial charge on any atom is -0.387 e. The van der Waals surface area contributed by atoms with Crippen LogP contribution in [0.5, 0.6) is 0 Å². The molecule has 1 unspecified atom stereocenters. The molecule has 0 aliphatic carbocycles. The average Bonchev–Trinajstić information content (AvgIpc) is 3.87. The molecule has 0 radical (unpaired) electrons. The van der Waals surface area contributed by atoms with Crippen LogP contribution in [-0.2, 0) is 35.8 Å². The van der Waals surface area contributed by atoms with Gasteiger partial charge >= 0.3 is 0 Å². The summed E-state index contributed by atoms with van der Waals surface area (Å²) in [5.41, 5.74) is 5.81. The summed E-state index contributed by atoms with van der Waals surface area (Å²) in [6.45, 7) is 7.00. The maximum absolute atomic E-state index is 17.0. The third kappa shape index (κ3) is 8.58. The molecule has 68 heavy (non-hydrogen) atoms. The third-order valence-electron chi connectivity index (χ3n) is 14.0. The summed E-state index contributed by atoms with van der Waals surface area (Å²) in [4.78, 5) is 85.9. The molecular weight excluding hydrogens is 864 g/mol. The molecule has 3 fully saturated rings. The first-order chi connectivity index (χ1) is 32.8. The van der Waals surface area contributed by atoms with Crippen molar-refractivity contribution in [3.63, 3.8) is 0 Å². The van der Waals surface area contributed by atoms with E-state index in [1.165, 1.54) is 23.9 Å². The summed E-state index contributed by atoms with van der Waals surface area (Å²) in [5.74, 6) is -2.17. The first-order valence-electron chi connectivity index (χ1n) is 23.2. The molecule has 0 saturated carbocycles. The lowest BCUT2D eigenvalue weighted by atomic mass is 9.82. The highest BCUT2D eigenvalue weighted by Gasteiger charge is 2.50. The topological polar surface area (TPSA) is 185 Å². The van der Waals surface area contributed by atoms with Crippen molar-refractivity contribution in [1.29, 1.82) is 5.41 Å². The fraction of sp³-hybridized carbons (Fsp3) is 0.321. The lowest BCUT2D eigenvalue weighted by molar-refractivity contribution is -0.136. The summed E-state index contributed by atoms with van der Waals surface area (Å²) in [7, 11) is 1.59. The number of nitrogens with one attached hydrogen (secondary N) is 4. The molecule has 9 rings (SSSR count). The van der Waals surface area contributed by atoms with E-state index in [2.05, 4.69) is 44.0 Å². The Morgan fingerprint density at radius 1 is 0.912 bits per heavy atom. The molecule has 348 valence electrons. The van der Waals surface area contributed by atoms with Gasteiger partial charge in [-0.25, -0.2) is 4.39 Å². The fourth-order valence-electron chi connectivity index (χ4n) is 10.4. The van der Waals surface area contributed by atoms with Crippen molar-refractivity contribution in [3.05, 3.63) is 125 Å². The molecule has 4 aliphatic rings. The number of hydrogen-bond donors (Lipinski definition) is 4. The molecule has 0 spiro atoms. The predicted octanol–water partition coefficient (Wildman–Crippen LogP) is 7.39. The summed E-state index contributed by atoms with van der Waals surface area (Å²) in [5, 5.41) is 16.8. The first-order valence-corrected chi connectivity index (χ1v) is 23.2. The van der Waals surface area contributed by atoms with Gasteiger partial charge in [-0.1, -0.05) is 42.5 Å². The van der Waals surface area contributed by atoms with Gasteiger partial charge in [0.1, 0.15) is 23.3 Å². The van der Waals surface area contributed by atoms with Gasteiger partial charge in [0, 0.05) is 67.5 Å². The number of hydrogen-bond acceptors (Lipinski definition) is 10. The quantitative estimate of drug-likeness (QED) is 0.0531. The zero-order valence-electron chi connectivity index (χ0n) is 38.3. The normalized spacial score (nSPS) is 18.4. The number of carbonyl (C=O) groups excluding carboxylic acids is 6. The number of aldehydes is 1. The number of halogens is 1. The number of benzene rings is 4. The van der Waals surface area contributed by atoms with Crippen LogP contribution in [0.25, 0.3) is 22.3 Å². The number of piperidine rings is 2. The van der Waals surface area contributed by atoms with E-state index in [1.54, 1.807) is 35.0 Å². The molecule has 5 heterocycles. The summed E-state index contributed by atoms with van der Waals surface area (Å²) < 4.78 is 17.0. The Kier molecular flexibility index (Phi) is 12.6. The second-order valence-corrected chi connectivity index (χ2v) is 18.5. The second-order valence-electron chi connectivity index (χ2n) is 18.5. The smallest absolute Gasteiger partial charge is 0.274 e. The Labute approximate surface area is 393 Å². The number of rotatable bonds is 13. The molecule has 4 N–H and O–H groups in total. The highest BCUT2D eigenvalue weighted by molar-refractivity contribution is 6.48. The minimum absolute atomic E-state index is 0.0224. The van der Waals surface area contributed by atoms with Crippen LogP contribution in [0.2, 0.25) is 0 Å². The average molecular weight is 917 g/mol. The van der Waals surface area contributed by atoms with Crippen molar-refractivity contribution in [2.45, 2.75) is 76.2 Å². The van der Waals surface area contributed by atoms with Crippen LogP contribution >= 0.6 is 0 Å². The largest absolute Gasteiger partial charge is 0.387 e. The molecule has 15 heteroatoms. The summed E-state index contributed by atoms with van der Waals surface area (Å²) >= 11 is 0. The number of anilines is 4. The number of imide groups is 1. The van der Waals surface area contributed by atoms with Gasteiger partial charge in [-0.15, -0.1) is 0 Å². The third-order valence-corrected chi connectivity index (χ3v) is 14.0. The lowest BCUT2D eigenvalue weighted by Gasteiger charge is -2.32. The number of pyridine rings is 1. The van der Waals surface area contributed by atoms with E-state index in [4.69, 9.17) is 5.41 Å². The molecule has 14 nitrogen and oxygen atoms in total. The Morgan fingerprint density at radius 2 is 1.68 bits per heavy atom. The van der Waals surface area contributed by atoms with E-state index >= 15 is 4.39 Å². The standard InChI is InChI=1S/C53H53FN8O6/c1-53(2)47-34(6-4-7-42(47)62(52(53)68)43-17-18-44(64)59-50(43)66)22-27-60-25-20-32(21-26-60)31-9-11-33(12-10-31)40-29-37(61-24-5-8-45(61)65)13-14-38(40)39-15-16-41(56-3)46(48(39)54)49(55)51(67)58-35-19-23-57-36(28-35)30-63/h4,6-7,9-16,19,23,28-30,32,43,55-56H,5,8,17-18,20-22,24-27H2,1-3H3,(H,57,58,67)(H,59,64,66).